The lowest BCUT2D eigenvalue weighted by atomic mass is 10.0. The Bertz CT molecular complexity index is 457. The van der Waals surface area contributed by atoms with E-state index in [1.54, 1.807) is 48.5 Å². The fraction of sp³-hybridized carbons (Fsp3) is 0. The molecule has 2 aromatic carbocycles. The van der Waals surface area contributed by atoms with E-state index in [0.717, 1.165) is 0 Å². The first kappa shape index (κ1) is 13.3. The second-order valence-electron chi connectivity index (χ2n) is 3.39. The predicted octanol–water partition coefficient (Wildman–Crippen LogP) is 3.33. The van der Waals surface area contributed by atoms with E-state index < -0.39 is 11.6 Å². The van der Waals surface area contributed by atoms with Crippen molar-refractivity contribution in [3.05, 3.63) is 71.8 Å². The molecule has 0 amide bonds. The summed E-state index contributed by atoms with van der Waals surface area (Å²) >= 11 is 0. The maximum atomic E-state index is 11.8. The lowest BCUT2D eigenvalue weighted by molar-refractivity contribution is 0.0817. The third-order valence-electron chi connectivity index (χ3n) is 2.28. The standard InChI is InChI=1S/C14H10O2.BrH/c15-13(11-7-3-1-4-8-11)14(16)12-9-5-2-6-10-12;/h1-10H;1H. The summed E-state index contributed by atoms with van der Waals surface area (Å²) < 4.78 is 0. The van der Waals surface area contributed by atoms with Gasteiger partial charge in [-0.1, -0.05) is 60.7 Å². The largest absolute Gasteiger partial charge is 0.285 e. The van der Waals surface area contributed by atoms with Gasteiger partial charge in [0, 0.05) is 11.1 Å². The van der Waals surface area contributed by atoms with E-state index in [4.69, 9.17) is 0 Å². The topological polar surface area (TPSA) is 34.1 Å². The molecular weight excluding hydrogens is 280 g/mol. The molecule has 86 valence electrons. The number of Topliss-reactive ketones (excluding diaryl/α,β-unsaturated/α-hetero) is 2. The van der Waals surface area contributed by atoms with Crippen LogP contribution in [-0.2, 0) is 0 Å². The van der Waals surface area contributed by atoms with Gasteiger partial charge in [-0.05, 0) is 0 Å². The zero-order valence-corrected chi connectivity index (χ0v) is 10.7. The van der Waals surface area contributed by atoms with Crippen LogP contribution < -0.4 is 0 Å². The van der Waals surface area contributed by atoms with Crippen molar-refractivity contribution in [2.24, 2.45) is 0 Å². The number of ketones is 2. The quantitative estimate of drug-likeness (QED) is 0.642. The fourth-order valence-electron chi connectivity index (χ4n) is 1.44. The SMILES string of the molecule is Br.O=C(C(=O)c1ccccc1)c1ccccc1. The molecule has 0 radical (unpaired) electrons. The Kier molecular flexibility index (Phi) is 4.79. The highest BCUT2D eigenvalue weighted by Crippen LogP contribution is 2.07. The third-order valence-corrected chi connectivity index (χ3v) is 2.28. The van der Waals surface area contributed by atoms with E-state index in [2.05, 4.69) is 0 Å². The van der Waals surface area contributed by atoms with Crippen LogP contribution in [0.4, 0.5) is 0 Å². The van der Waals surface area contributed by atoms with Crippen molar-refractivity contribution in [3.63, 3.8) is 0 Å². The molecule has 0 saturated heterocycles. The molecular formula is C14H11BrO2. The number of carbonyl (C=O) groups is 2. The molecule has 2 rings (SSSR count). The van der Waals surface area contributed by atoms with E-state index in [1.165, 1.54) is 0 Å². The van der Waals surface area contributed by atoms with Crippen molar-refractivity contribution in [3.8, 4) is 0 Å². The second-order valence-corrected chi connectivity index (χ2v) is 3.39. The lowest BCUT2D eigenvalue weighted by Crippen LogP contribution is -2.14. The third kappa shape index (κ3) is 3.11. The minimum absolute atomic E-state index is 0. The molecule has 2 aromatic rings. The summed E-state index contributed by atoms with van der Waals surface area (Å²) in [5.41, 5.74) is 0.854. The highest BCUT2D eigenvalue weighted by atomic mass is 79.9. The van der Waals surface area contributed by atoms with E-state index >= 15 is 0 Å². The first-order valence-electron chi connectivity index (χ1n) is 4.98. The maximum absolute atomic E-state index is 11.8. The monoisotopic (exact) mass is 290 g/mol. The van der Waals surface area contributed by atoms with Gasteiger partial charge in [0.1, 0.15) is 0 Å². The zero-order chi connectivity index (χ0) is 11.4. The summed E-state index contributed by atoms with van der Waals surface area (Å²) in [4.78, 5) is 23.6. The lowest BCUT2D eigenvalue weighted by Gasteiger charge is -1.99. The normalized spacial score (nSPS) is 9.18. The minimum Gasteiger partial charge on any atom is -0.285 e. The molecule has 0 unspecified atom stereocenters. The number of benzene rings is 2. The average molecular weight is 291 g/mol. The average Bonchev–Trinajstić information content (AvgIpc) is 2.39. The summed E-state index contributed by atoms with van der Waals surface area (Å²) in [6.07, 6.45) is 0. The highest BCUT2D eigenvalue weighted by Gasteiger charge is 2.16. The molecule has 0 aliphatic rings. The summed E-state index contributed by atoms with van der Waals surface area (Å²) in [6.45, 7) is 0. The summed E-state index contributed by atoms with van der Waals surface area (Å²) in [7, 11) is 0. The van der Waals surface area contributed by atoms with Crippen LogP contribution in [0, 0.1) is 0 Å². The molecule has 3 heteroatoms. The molecule has 0 saturated carbocycles. The molecule has 0 N–H and O–H groups in total. The van der Waals surface area contributed by atoms with Crippen molar-refractivity contribution in [1.82, 2.24) is 0 Å². The molecule has 0 atom stereocenters. The van der Waals surface area contributed by atoms with Crippen molar-refractivity contribution in [2.45, 2.75) is 0 Å². The van der Waals surface area contributed by atoms with Crippen LogP contribution in [0.2, 0.25) is 0 Å². The fourth-order valence-corrected chi connectivity index (χ4v) is 1.44. The van der Waals surface area contributed by atoms with Crippen LogP contribution >= 0.6 is 17.0 Å². The Balaban J connectivity index is 0.00000144. The summed E-state index contributed by atoms with van der Waals surface area (Å²) in [5.74, 6) is -0.932. The van der Waals surface area contributed by atoms with Crippen LogP contribution in [0.5, 0.6) is 0 Å². The van der Waals surface area contributed by atoms with Gasteiger partial charge in [0.2, 0.25) is 11.6 Å². The van der Waals surface area contributed by atoms with Gasteiger partial charge < -0.3 is 0 Å². The van der Waals surface area contributed by atoms with Gasteiger partial charge in [-0.3, -0.25) is 9.59 Å². The minimum atomic E-state index is -0.466. The Hall–Kier alpha value is -1.74. The zero-order valence-electron chi connectivity index (χ0n) is 9.00. The van der Waals surface area contributed by atoms with Crippen LogP contribution in [0.1, 0.15) is 20.7 Å². The maximum Gasteiger partial charge on any atom is 0.233 e. The molecule has 0 aliphatic carbocycles. The van der Waals surface area contributed by atoms with Crippen molar-refractivity contribution in [2.75, 3.05) is 0 Å². The van der Waals surface area contributed by atoms with Crippen LogP contribution in [-0.4, -0.2) is 11.6 Å². The van der Waals surface area contributed by atoms with Crippen molar-refractivity contribution < 1.29 is 9.59 Å². The van der Waals surface area contributed by atoms with Crippen LogP contribution in [0.25, 0.3) is 0 Å². The molecule has 17 heavy (non-hydrogen) atoms. The number of halogens is 1. The summed E-state index contributed by atoms with van der Waals surface area (Å²) in [5, 5.41) is 0. The van der Waals surface area contributed by atoms with Crippen LogP contribution in [0.3, 0.4) is 0 Å². The molecule has 0 aromatic heterocycles. The molecule has 0 bridgehead atoms. The number of hydrogen-bond acceptors (Lipinski definition) is 2. The number of rotatable bonds is 3. The van der Waals surface area contributed by atoms with Gasteiger partial charge in [-0.2, -0.15) is 0 Å². The van der Waals surface area contributed by atoms with Crippen LogP contribution in [0.15, 0.2) is 60.7 Å². The molecule has 0 heterocycles. The highest BCUT2D eigenvalue weighted by molar-refractivity contribution is 8.93. The van der Waals surface area contributed by atoms with Gasteiger partial charge >= 0.3 is 0 Å². The predicted molar refractivity (Wildman–Crippen MR) is 71.9 cm³/mol. The number of hydrogen-bond donors (Lipinski definition) is 0. The van der Waals surface area contributed by atoms with Gasteiger partial charge in [-0.25, -0.2) is 0 Å². The van der Waals surface area contributed by atoms with Crippen molar-refractivity contribution >= 4 is 28.5 Å². The van der Waals surface area contributed by atoms with Gasteiger partial charge in [0.25, 0.3) is 0 Å². The molecule has 2 nitrogen and oxygen atoms in total. The van der Waals surface area contributed by atoms with E-state index in [0.29, 0.717) is 11.1 Å². The van der Waals surface area contributed by atoms with Gasteiger partial charge in [-0.15, -0.1) is 17.0 Å². The smallest absolute Gasteiger partial charge is 0.233 e. The van der Waals surface area contributed by atoms with E-state index in [9.17, 15) is 9.59 Å². The molecule has 0 fully saturated rings. The van der Waals surface area contributed by atoms with E-state index in [1.807, 2.05) is 12.1 Å². The first-order valence-corrected chi connectivity index (χ1v) is 4.98. The molecule has 0 aliphatic heterocycles. The Morgan fingerprint density at radius 3 is 1.18 bits per heavy atom. The Morgan fingerprint density at radius 2 is 0.882 bits per heavy atom. The van der Waals surface area contributed by atoms with E-state index in [-0.39, 0.29) is 17.0 Å². The van der Waals surface area contributed by atoms with Crippen molar-refractivity contribution in [1.29, 1.82) is 0 Å². The second kappa shape index (κ2) is 6.11. The van der Waals surface area contributed by atoms with Gasteiger partial charge in [0.05, 0.1) is 0 Å². The number of carbonyl (C=O) groups excluding carboxylic acids is 2. The molecule has 0 spiro atoms. The Labute approximate surface area is 110 Å². The summed E-state index contributed by atoms with van der Waals surface area (Å²) in [6, 6.07) is 17.2. The Morgan fingerprint density at radius 1 is 0.588 bits per heavy atom. The first-order chi connectivity index (χ1) is 7.79. The van der Waals surface area contributed by atoms with Gasteiger partial charge in [0.15, 0.2) is 0 Å².